The lowest BCUT2D eigenvalue weighted by Crippen LogP contribution is -2.11. The Morgan fingerprint density at radius 1 is 1.08 bits per heavy atom. The summed E-state index contributed by atoms with van der Waals surface area (Å²) in [6.45, 7) is 2.00. The monoisotopic (exact) mass is 382 g/mol. The van der Waals surface area contributed by atoms with Crippen molar-refractivity contribution in [2.24, 2.45) is 0 Å². The van der Waals surface area contributed by atoms with Crippen LogP contribution in [0.25, 0.3) is 0 Å². The van der Waals surface area contributed by atoms with Gasteiger partial charge in [-0.3, -0.25) is 9.78 Å². The van der Waals surface area contributed by atoms with Crippen LogP contribution in [0.5, 0.6) is 11.5 Å². The smallest absolute Gasteiger partial charge is 0.255 e. The second kappa shape index (κ2) is 7.27. The summed E-state index contributed by atoms with van der Waals surface area (Å²) in [5.74, 6) is 1.13. The van der Waals surface area contributed by atoms with Crippen LogP contribution in [0, 0.1) is 6.92 Å². The molecule has 0 unspecified atom stereocenters. The molecule has 120 valence electrons. The average Bonchev–Trinajstić information content (AvgIpc) is 2.60. The topological polar surface area (TPSA) is 51.2 Å². The van der Waals surface area contributed by atoms with Crippen LogP contribution in [-0.4, -0.2) is 10.9 Å². The van der Waals surface area contributed by atoms with Gasteiger partial charge in [0, 0.05) is 21.9 Å². The van der Waals surface area contributed by atoms with Crippen LogP contribution < -0.4 is 10.1 Å². The van der Waals surface area contributed by atoms with Crippen LogP contribution in [0.4, 0.5) is 5.69 Å². The van der Waals surface area contributed by atoms with E-state index in [1.165, 1.54) is 0 Å². The van der Waals surface area contributed by atoms with Gasteiger partial charge in [0.2, 0.25) is 0 Å². The van der Waals surface area contributed by atoms with Crippen LogP contribution >= 0.6 is 15.9 Å². The van der Waals surface area contributed by atoms with Crippen molar-refractivity contribution in [1.82, 2.24) is 4.98 Å². The minimum Gasteiger partial charge on any atom is -0.456 e. The van der Waals surface area contributed by atoms with Gasteiger partial charge < -0.3 is 10.1 Å². The molecule has 0 aliphatic rings. The number of nitrogens with one attached hydrogen (secondary N) is 1. The molecular formula is C19H15BrN2O2. The van der Waals surface area contributed by atoms with Gasteiger partial charge in [0.1, 0.15) is 11.5 Å². The van der Waals surface area contributed by atoms with E-state index < -0.39 is 0 Å². The molecule has 2 aromatic carbocycles. The van der Waals surface area contributed by atoms with Crippen LogP contribution in [-0.2, 0) is 0 Å². The molecule has 5 heteroatoms. The summed E-state index contributed by atoms with van der Waals surface area (Å²) in [5, 5.41) is 2.88. The first-order valence-electron chi connectivity index (χ1n) is 7.37. The molecule has 1 amide bonds. The Kier molecular flexibility index (Phi) is 4.91. The number of carbonyl (C=O) groups excluding carboxylic acids is 1. The van der Waals surface area contributed by atoms with E-state index in [4.69, 9.17) is 4.74 Å². The molecular weight excluding hydrogens is 368 g/mol. The normalized spacial score (nSPS) is 10.2. The fourth-order valence-corrected chi connectivity index (χ4v) is 2.47. The average molecular weight is 383 g/mol. The van der Waals surface area contributed by atoms with Gasteiger partial charge in [-0.1, -0.05) is 22.0 Å². The number of ether oxygens (including phenoxy) is 1. The Labute approximate surface area is 148 Å². The molecule has 0 saturated heterocycles. The van der Waals surface area contributed by atoms with Crippen molar-refractivity contribution < 1.29 is 9.53 Å². The predicted octanol–water partition coefficient (Wildman–Crippen LogP) is 5.20. The summed E-state index contributed by atoms with van der Waals surface area (Å²) < 4.78 is 6.62. The molecule has 3 aromatic rings. The van der Waals surface area contributed by atoms with E-state index in [1.807, 2.05) is 31.2 Å². The van der Waals surface area contributed by atoms with Gasteiger partial charge >= 0.3 is 0 Å². The molecule has 0 spiro atoms. The van der Waals surface area contributed by atoms with Gasteiger partial charge in [0.05, 0.1) is 6.20 Å². The van der Waals surface area contributed by atoms with Gasteiger partial charge in [-0.2, -0.15) is 0 Å². The Hall–Kier alpha value is -2.66. The highest BCUT2D eigenvalue weighted by molar-refractivity contribution is 9.10. The zero-order valence-corrected chi connectivity index (χ0v) is 14.6. The van der Waals surface area contributed by atoms with Gasteiger partial charge in [-0.25, -0.2) is 0 Å². The Bertz CT molecular complexity index is 849. The quantitative estimate of drug-likeness (QED) is 0.674. The summed E-state index contributed by atoms with van der Waals surface area (Å²) in [7, 11) is 0. The molecule has 4 nitrogen and oxygen atoms in total. The van der Waals surface area contributed by atoms with Gasteiger partial charge in [-0.05, 0) is 61.0 Å². The van der Waals surface area contributed by atoms with Crippen molar-refractivity contribution >= 4 is 27.5 Å². The number of carbonyl (C=O) groups is 1. The number of hydrogen-bond donors (Lipinski definition) is 1. The fourth-order valence-electron chi connectivity index (χ4n) is 2.09. The third-order valence-corrected chi connectivity index (χ3v) is 4.27. The van der Waals surface area contributed by atoms with Crippen molar-refractivity contribution in [1.29, 1.82) is 0 Å². The number of halogens is 1. The van der Waals surface area contributed by atoms with E-state index in [9.17, 15) is 4.79 Å². The summed E-state index contributed by atoms with van der Waals surface area (Å²) in [6.07, 6.45) is 3.32. The second-order valence-electron chi connectivity index (χ2n) is 5.23. The van der Waals surface area contributed by atoms with Crippen LogP contribution in [0.1, 0.15) is 15.9 Å². The number of nitrogens with zero attached hydrogens (tertiary/aromatic N) is 1. The molecule has 3 rings (SSSR count). The van der Waals surface area contributed by atoms with E-state index in [-0.39, 0.29) is 5.91 Å². The zero-order valence-electron chi connectivity index (χ0n) is 13.0. The number of pyridine rings is 1. The van der Waals surface area contributed by atoms with E-state index in [2.05, 4.69) is 26.2 Å². The molecule has 1 aromatic heterocycles. The number of aryl methyl sites for hydroxylation is 1. The molecule has 0 aliphatic carbocycles. The molecule has 0 radical (unpaired) electrons. The lowest BCUT2D eigenvalue weighted by molar-refractivity contribution is 0.102. The molecule has 1 N–H and O–H groups in total. The number of hydrogen-bond acceptors (Lipinski definition) is 3. The number of amides is 1. The standard InChI is InChI=1S/C19H15BrN2O2/c1-13-4-7-15(11-18(13)20)22-19(23)14-5-8-16(9-6-14)24-17-3-2-10-21-12-17/h2-12H,1H3,(H,22,23). The lowest BCUT2D eigenvalue weighted by Gasteiger charge is -2.08. The lowest BCUT2D eigenvalue weighted by atomic mass is 10.2. The van der Waals surface area contributed by atoms with E-state index in [0.717, 1.165) is 15.7 Å². The van der Waals surface area contributed by atoms with Crippen molar-refractivity contribution in [3.63, 3.8) is 0 Å². The largest absolute Gasteiger partial charge is 0.456 e. The first kappa shape index (κ1) is 16.2. The summed E-state index contributed by atoms with van der Waals surface area (Å²) in [4.78, 5) is 16.3. The summed E-state index contributed by atoms with van der Waals surface area (Å²) in [5.41, 5.74) is 2.42. The first-order chi connectivity index (χ1) is 11.6. The third kappa shape index (κ3) is 4.00. The van der Waals surface area contributed by atoms with E-state index in [1.54, 1.807) is 42.7 Å². The predicted molar refractivity (Wildman–Crippen MR) is 97.6 cm³/mol. The number of benzene rings is 2. The van der Waals surface area contributed by atoms with Crippen LogP contribution in [0.2, 0.25) is 0 Å². The minimum atomic E-state index is -0.168. The maximum atomic E-state index is 12.3. The van der Waals surface area contributed by atoms with Gasteiger partial charge in [-0.15, -0.1) is 0 Å². The molecule has 1 heterocycles. The highest BCUT2D eigenvalue weighted by Gasteiger charge is 2.07. The van der Waals surface area contributed by atoms with Gasteiger partial charge in [0.15, 0.2) is 0 Å². The maximum Gasteiger partial charge on any atom is 0.255 e. The van der Waals surface area contributed by atoms with Crippen molar-refractivity contribution in [3.8, 4) is 11.5 Å². The molecule has 0 bridgehead atoms. The number of rotatable bonds is 4. The second-order valence-corrected chi connectivity index (χ2v) is 6.09. The minimum absolute atomic E-state index is 0.168. The summed E-state index contributed by atoms with van der Waals surface area (Å²) in [6, 6.07) is 16.3. The number of anilines is 1. The van der Waals surface area contributed by atoms with Crippen molar-refractivity contribution in [2.45, 2.75) is 6.92 Å². The fraction of sp³-hybridized carbons (Fsp3) is 0.0526. The number of aromatic nitrogens is 1. The third-order valence-electron chi connectivity index (χ3n) is 3.42. The molecule has 0 fully saturated rings. The summed E-state index contributed by atoms with van der Waals surface area (Å²) >= 11 is 3.46. The zero-order chi connectivity index (χ0) is 16.9. The molecule has 0 saturated carbocycles. The van der Waals surface area contributed by atoms with Crippen LogP contribution in [0.3, 0.4) is 0 Å². The van der Waals surface area contributed by atoms with Crippen molar-refractivity contribution in [2.75, 3.05) is 5.32 Å². The van der Waals surface area contributed by atoms with Crippen molar-refractivity contribution in [3.05, 3.63) is 82.6 Å². The highest BCUT2D eigenvalue weighted by Crippen LogP contribution is 2.23. The highest BCUT2D eigenvalue weighted by atomic mass is 79.9. The Morgan fingerprint density at radius 3 is 2.54 bits per heavy atom. The maximum absolute atomic E-state index is 12.3. The van der Waals surface area contributed by atoms with E-state index in [0.29, 0.717) is 17.1 Å². The Morgan fingerprint density at radius 2 is 1.88 bits per heavy atom. The molecule has 24 heavy (non-hydrogen) atoms. The SMILES string of the molecule is Cc1ccc(NC(=O)c2ccc(Oc3cccnc3)cc2)cc1Br. The van der Waals surface area contributed by atoms with Gasteiger partial charge in [0.25, 0.3) is 5.91 Å². The van der Waals surface area contributed by atoms with Crippen LogP contribution in [0.15, 0.2) is 71.5 Å². The van der Waals surface area contributed by atoms with E-state index >= 15 is 0 Å². The molecule has 0 atom stereocenters. The molecule has 0 aliphatic heterocycles. The Balaban J connectivity index is 1.68. The first-order valence-corrected chi connectivity index (χ1v) is 8.16.